The molecule has 0 saturated carbocycles. The van der Waals surface area contributed by atoms with Crippen molar-refractivity contribution in [1.82, 2.24) is 9.55 Å². The highest BCUT2D eigenvalue weighted by Gasteiger charge is 2.17. The molecule has 2 heterocycles. The minimum Gasteiger partial charge on any atom is -0.477 e. The van der Waals surface area contributed by atoms with Crippen LogP contribution < -0.4 is 5.43 Å². The van der Waals surface area contributed by atoms with Crippen molar-refractivity contribution in [2.75, 3.05) is 12.5 Å². The van der Waals surface area contributed by atoms with Crippen molar-refractivity contribution in [3.8, 4) is 0 Å². The van der Waals surface area contributed by atoms with Gasteiger partial charge < -0.3 is 9.67 Å². The van der Waals surface area contributed by atoms with Gasteiger partial charge in [-0.05, 0) is 25.5 Å². The summed E-state index contributed by atoms with van der Waals surface area (Å²) in [5.41, 5.74) is -0.164. The lowest BCUT2D eigenvalue weighted by Gasteiger charge is -2.12. The third kappa shape index (κ3) is 2.43. The molecule has 0 fully saturated rings. The Labute approximate surface area is 124 Å². The SMILES string of the molecule is CCn1cc(C(=O)O)c(=O)c2cc(SC)c(SC)nc21. The summed E-state index contributed by atoms with van der Waals surface area (Å²) >= 11 is 3.00. The fourth-order valence-corrected chi connectivity index (χ4v) is 3.36. The molecule has 0 aliphatic carbocycles. The summed E-state index contributed by atoms with van der Waals surface area (Å²) in [6, 6.07) is 1.74. The zero-order chi connectivity index (χ0) is 14.9. The average molecular weight is 310 g/mol. The van der Waals surface area contributed by atoms with Crippen LogP contribution in [0, 0.1) is 0 Å². The molecule has 0 radical (unpaired) electrons. The number of aryl methyl sites for hydroxylation is 1. The Balaban J connectivity index is 2.94. The molecule has 0 amide bonds. The Morgan fingerprint density at radius 1 is 1.40 bits per heavy atom. The Hall–Kier alpha value is -1.47. The molecule has 0 atom stereocenters. The Kier molecular flexibility index (Phi) is 4.39. The van der Waals surface area contributed by atoms with E-state index < -0.39 is 11.4 Å². The van der Waals surface area contributed by atoms with Gasteiger partial charge in [0.15, 0.2) is 0 Å². The van der Waals surface area contributed by atoms with Gasteiger partial charge in [0.2, 0.25) is 5.43 Å². The summed E-state index contributed by atoms with van der Waals surface area (Å²) in [5, 5.41) is 10.3. The largest absolute Gasteiger partial charge is 0.477 e. The van der Waals surface area contributed by atoms with Crippen molar-refractivity contribution >= 4 is 40.5 Å². The number of carboxylic acids is 1. The number of hydrogen-bond donors (Lipinski definition) is 1. The van der Waals surface area contributed by atoms with E-state index in [1.807, 2.05) is 19.4 Å². The van der Waals surface area contributed by atoms with Gasteiger partial charge in [-0.15, -0.1) is 23.5 Å². The number of hydrogen-bond acceptors (Lipinski definition) is 5. The molecule has 0 bridgehead atoms. The van der Waals surface area contributed by atoms with Gasteiger partial charge in [-0.3, -0.25) is 4.79 Å². The molecule has 2 aromatic heterocycles. The number of aromatic nitrogens is 2. The second-order valence-electron chi connectivity index (χ2n) is 4.03. The Bertz CT molecular complexity index is 740. The number of carbonyl (C=O) groups is 1. The monoisotopic (exact) mass is 310 g/mol. The number of aromatic carboxylic acids is 1. The first-order valence-corrected chi connectivity index (χ1v) is 8.37. The maximum absolute atomic E-state index is 12.3. The smallest absolute Gasteiger partial charge is 0.341 e. The maximum Gasteiger partial charge on any atom is 0.341 e. The van der Waals surface area contributed by atoms with Crippen LogP contribution in [0.4, 0.5) is 0 Å². The topological polar surface area (TPSA) is 72.2 Å². The summed E-state index contributed by atoms with van der Waals surface area (Å²) in [7, 11) is 0. The first-order chi connectivity index (χ1) is 9.53. The van der Waals surface area contributed by atoms with Gasteiger partial charge in [0.05, 0.1) is 5.39 Å². The molecule has 20 heavy (non-hydrogen) atoms. The minimum atomic E-state index is -1.21. The second kappa shape index (κ2) is 5.88. The predicted octanol–water partition coefficient (Wildman–Crippen LogP) is 2.56. The molecule has 1 N–H and O–H groups in total. The number of carboxylic acid groups (broad SMARTS) is 1. The van der Waals surface area contributed by atoms with Crippen LogP contribution >= 0.6 is 23.5 Å². The van der Waals surface area contributed by atoms with E-state index in [-0.39, 0.29) is 5.56 Å². The van der Waals surface area contributed by atoms with Crippen molar-refractivity contribution in [2.24, 2.45) is 0 Å². The first kappa shape index (κ1) is 14.9. The van der Waals surface area contributed by atoms with Crippen LogP contribution in [-0.4, -0.2) is 33.1 Å². The number of fused-ring (bicyclic) bond motifs is 1. The normalized spacial score (nSPS) is 10.9. The first-order valence-electron chi connectivity index (χ1n) is 5.92. The van der Waals surface area contributed by atoms with Gasteiger partial charge in [-0.1, -0.05) is 0 Å². The maximum atomic E-state index is 12.3. The fraction of sp³-hybridized carbons (Fsp3) is 0.308. The molecule has 0 spiro atoms. The van der Waals surface area contributed by atoms with E-state index in [1.165, 1.54) is 29.7 Å². The number of nitrogens with zero attached hydrogens (tertiary/aromatic N) is 2. The third-order valence-corrected chi connectivity index (χ3v) is 4.54. The quantitative estimate of drug-likeness (QED) is 0.875. The Morgan fingerprint density at radius 3 is 2.60 bits per heavy atom. The van der Waals surface area contributed by atoms with E-state index in [1.54, 1.807) is 10.6 Å². The molecule has 2 rings (SSSR count). The zero-order valence-corrected chi connectivity index (χ0v) is 13.0. The minimum absolute atomic E-state index is 0.217. The van der Waals surface area contributed by atoms with Crippen LogP contribution in [0.5, 0.6) is 0 Å². The lowest BCUT2D eigenvalue weighted by molar-refractivity contribution is 0.0695. The molecule has 0 aliphatic rings. The Morgan fingerprint density at radius 2 is 2.10 bits per heavy atom. The summed E-state index contributed by atoms with van der Waals surface area (Å²) < 4.78 is 1.70. The van der Waals surface area contributed by atoms with Gasteiger partial charge in [0.1, 0.15) is 16.2 Å². The van der Waals surface area contributed by atoms with Crippen LogP contribution in [0.1, 0.15) is 17.3 Å². The highest BCUT2D eigenvalue weighted by atomic mass is 32.2. The summed E-state index contributed by atoms with van der Waals surface area (Å²) in [4.78, 5) is 28.8. The van der Waals surface area contributed by atoms with Gasteiger partial charge in [0, 0.05) is 17.6 Å². The number of rotatable bonds is 4. The highest BCUT2D eigenvalue weighted by molar-refractivity contribution is 8.01. The van der Waals surface area contributed by atoms with Crippen molar-refractivity contribution in [3.05, 3.63) is 28.0 Å². The molecular formula is C13H14N2O3S2. The average Bonchev–Trinajstić information content (AvgIpc) is 2.46. The molecule has 0 aromatic carbocycles. The van der Waals surface area contributed by atoms with Crippen molar-refractivity contribution in [1.29, 1.82) is 0 Å². The lowest BCUT2D eigenvalue weighted by Crippen LogP contribution is -2.19. The van der Waals surface area contributed by atoms with E-state index in [0.717, 1.165) is 9.92 Å². The van der Waals surface area contributed by atoms with E-state index in [2.05, 4.69) is 4.98 Å². The second-order valence-corrected chi connectivity index (χ2v) is 5.68. The standard InChI is InChI=1S/C13H14N2O3S2/c1-4-15-6-8(13(17)18)10(16)7-5-9(19-2)12(20-3)14-11(7)15/h5-6H,4H2,1-3H3,(H,17,18). The lowest BCUT2D eigenvalue weighted by atomic mass is 10.2. The van der Waals surface area contributed by atoms with E-state index in [4.69, 9.17) is 5.11 Å². The molecule has 0 aliphatic heterocycles. The molecule has 2 aromatic rings. The van der Waals surface area contributed by atoms with E-state index >= 15 is 0 Å². The third-order valence-electron chi connectivity index (χ3n) is 2.97. The highest BCUT2D eigenvalue weighted by Crippen LogP contribution is 2.28. The number of pyridine rings is 2. The summed E-state index contributed by atoms with van der Waals surface area (Å²) in [6.07, 6.45) is 5.19. The molecule has 106 valence electrons. The van der Waals surface area contributed by atoms with Gasteiger partial charge in [0.25, 0.3) is 0 Å². The van der Waals surface area contributed by atoms with Crippen LogP contribution in [0.2, 0.25) is 0 Å². The molecule has 7 heteroatoms. The predicted molar refractivity (Wildman–Crippen MR) is 82.2 cm³/mol. The molecule has 0 saturated heterocycles. The molecular weight excluding hydrogens is 296 g/mol. The fourth-order valence-electron chi connectivity index (χ4n) is 1.96. The van der Waals surface area contributed by atoms with Gasteiger partial charge in [-0.25, -0.2) is 9.78 Å². The zero-order valence-electron chi connectivity index (χ0n) is 11.3. The molecule has 5 nitrogen and oxygen atoms in total. The van der Waals surface area contributed by atoms with Crippen molar-refractivity contribution in [3.63, 3.8) is 0 Å². The van der Waals surface area contributed by atoms with Crippen molar-refractivity contribution in [2.45, 2.75) is 23.4 Å². The van der Waals surface area contributed by atoms with Crippen molar-refractivity contribution < 1.29 is 9.90 Å². The van der Waals surface area contributed by atoms with E-state index in [9.17, 15) is 9.59 Å². The van der Waals surface area contributed by atoms with Crippen LogP contribution in [0.25, 0.3) is 11.0 Å². The van der Waals surface area contributed by atoms with Gasteiger partial charge in [-0.2, -0.15) is 0 Å². The van der Waals surface area contributed by atoms with Crippen LogP contribution in [-0.2, 0) is 6.54 Å². The summed E-state index contributed by atoms with van der Waals surface area (Å²) in [5.74, 6) is -1.21. The number of thioether (sulfide) groups is 2. The van der Waals surface area contributed by atoms with Gasteiger partial charge >= 0.3 is 5.97 Å². The summed E-state index contributed by atoms with van der Waals surface area (Å²) in [6.45, 7) is 2.44. The molecule has 0 unspecified atom stereocenters. The van der Waals surface area contributed by atoms with Crippen LogP contribution in [0.3, 0.4) is 0 Å². The van der Waals surface area contributed by atoms with E-state index in [0.29, 0.717) is 17.6 Å². The van der Waals surface area contributed by atoms with Crippen LogP contribution in [0.15, 0.2) is 27.0 Å².